The molecule has 0 fully saturated rings. The van der Waals surface area contributed by atoms with E-state index in [4.69, 9.17) is 28.9 Å². The summed E-state index contributed by atoms with van der Waals surface area (Å²) >= 11 is 13.3. The Morgan fingerprint density at radius 2 is 2.07 bits per heavy atom. The summed E-state index contributed by atoms with van der Waals surface area (Å²) in [6.45, 7) is 0. The number of rotatable bonds is 3. The van der Waals surface area contributed by atoms with E-state index in [1.807, 2.05) is 6.07 Å². The van der Waals surface area contributed by atoms with Crippen LogP contribution >= 0.6 is 45.8 Å². The monoisotopic (exact) mass is 343 g/mol. The Bertz CT molecular complexity index is 357. The number of nitrogens with two attached hydrogens (primary N) is 1. The molecule has 0 aromatic heterocycles. The Hall–Kier alpha value is 0.160. The number of benzene rings is 1. The lowest BCUT2D eigenvalue weighted by molar-refractivity contribution is -0.110. The molecule has 1 atom stereocenters. The molecule has 0 aliphatic heterocycles. The maximum absolute atomic E-state index is 10.9. The number of carbonyl (C=O) groups is 1. The molecule has 0 unspecified atom stereocenters. The summed E-state index contributed by atoms with van der Waals surface area (Å²) in [6.07, 6.45) is 0.485. The molecule has 0 spiro atoms. The molecule has 0 saturated heterocycles. The van der Waals surface area contributed by atoms with Gasteiger partial charge in [0.2, 0.25) is 3.79 Å². The Kier molecular flexibility index (Phi) is 4.63. The maximum Gasteiger partial charge on any atom is 0.209 e. The fourth-order valence-electron chi connectivity index (χ4n) is 1.00. The summed E-state index contributed by atoms with van der Waals surface area (Å²) in [7, 11) is 0. The molecule has 0 saturated carbocycles. The molecule has 76 valence electrons. The van der Waals surface area contributed by atoms with Crippen LogP contribution in [-0.2, 0) is 11.2 Å². The first-order valence-electron chi connectivity index (χ1n) is 3.89. The molecule has 5 heteroatoms. The van der Waals surface area contributed by atoms with Gasteiger partial charge in [-0.25, -0.2) is 0 Å². The molecule has 1 aromatic rings. The van der Waals surface area contributed by atoms with Crippen molar-refractivity contribution in [3.05, 3.63) is 33.8 Å². The summed E-state index contributed by atoms with van der Waals surface area (Å²) in [5.41, 5.74) is 6.52. The third-order valence-corrected chi connectivity index (χ3v) is 3.27. The van der Waals surface area contributed by atoms with Crippen molar-refractivity contribution in [2.24, 2.45) is 5.73 Å². The second-order valence-corrected chi connectivity index (χ2v) is 4.74. The van der Waals surface area contributed by atoms with E-state index in [0.717, 1.165) is 5.56 Å². The normalized spacial score (nSPS) is 12.6. The van der Waals surface area contributed by atoms with Gasteiger partial charge in [-0.1, -0.05) is 29.3 Å². The molecule has 1 rings (SSSR count). The standard InChI is InChI=1S/C9H8Cl2INO/c10-6-2-1-5(3-7(6)11)4-8(13)9(12)14/h1-3,8H,4,13H2/t8-/m1/s1. The highest BCUT2D eigenvalue weighted by Gasteiger charge is 2.11. The van der Waals surface area contributed by atoms with Crippen molar-refractivity contribution in [1.82, 2.24) is 0 Å². The lowest BCUT2D eigenvalue weighted by Gasteiger charge is -2.07. The van der Waals surface area contributed by atoms with Crippen molar-refractivity contribution in [2.75, 3.05) is 0 Å². The van der Waals surface area contributed by atoms with Gasteiger partial charge in [-0.2, -0.15) is 0 Å². The second-order valence-electron chi connectivity index (χ2n) is 2.86. The summed E-state index contributed by atoms with van der Waals surface area (Å²) in [5, 5.41) is 0.988. The SMILES string of the molecule is N[C@H](Cc1ccc(Cl)c(Cl)c1)C(=O)I. The van der Waals surface area contributed by atoms with E-state index in [-0.39, 0.29) is 3.79 Å². The van der Waals surface area contributed by atoms with Gasteiger partial charge in [-0.05, 0) is 24.1 Å². The zero-order valence-corrected chi connectivity index (χ0v) is 10.8. The van der Waals surface area contributed by atoms with Gasteiger partial charge in [0.15, 0.2) is 0 Å². The van der Waals surface area contributed by atoms with Gasteiger partial charge in [0.25, 0.3) is 0 Å². The molecule has 2 nitrogen and oxygen atoms in total. The van der Waals surface area contributed by atoms with Crippen molar-refractivity contribution in [2.45, 2.75) is 12.5 Å². The first kappa shape index (κ1) is 12.2. The van der Waals surface area contributed by atoms with Crippen LogP contribution in [0.4, 0.5) is 0 Å². The van der Waals surface area contributed by atoms with E-state index in [1.54, 1.807) is 34.7 Å². The lowest BCUT2D eigenvalue weighted by Crippen LogP contribution is -2.28. The van der Waals surface area contributed by atoms with E-state index in [9.17, 15) is 4.79 Å². The Balaban J connectivity index is 2.78. The van der Waals surface area contributed by atoms with Gasteiger partial charge in [0.1, 0.15) is 0 Å². The third kappa shape index (κ3) is 3.38. The van der Waals surface area contributed by atoms with Gasteiger partial charge >= 0.3 is 0 Å². The van der Waals surface area contributed by atoms with Crippen molar-refractivity contribution in [1.29, 1.82) is 0 Å². The predicted molar refractivity (Wildman–Crippen MR) is 67.2 cm³/mol. The largest absolute Gasteiger partial charge is 0.321 e. The van der Waals surface area contributed by atoms with Crippen LogP contribution in [0.2, 0.25) is 10.0 Å². The Labute approximate surface area is 106 Å². The minimum atomic E-state index is -0.479. The highest BCUT2D eigenvalue weighted by molar-refractivity contribution is 14.1. The first-order valence-corrected chi connectivity index (χ1v) is 5.73. The minimum absolute atomic E-state index is 0.0614. The summed E-state index contributed by atoms with van der Waals surface area (Å²) in [5.74, 6) is 0. The van der Waals surface area contributed by atoms with Crippen LogP contribution in [0.5, 0.6) is 0 Å². The first-order chi connectivity index (χ1) is 6.50. The Morgan fingerprint density at radius 1 is 1.43 bits per heavy atom. The van der Waals surface area contributed by atoms with Crippen molar-refractivity contribution in [3.8, 4) is 0 Å². The molecule has 2 N–H and O–H groups in total. The van der Waals surface area contributed by atoms with Crippen molar-refractivity contribution in [3.63, 3.8) is 0 Å². The highest BCUT2D eigenvalue weighted by Crippen LogP contribution is 2.23. The molecule has 0 aliphatic rings. The van der Waals surface area contributed by atoms with E-state index >= 15 is 0 Å². The Morgan fingerprint density at radius 3 is 2.57 bits per heavy atom. The average Bonchev–Trinajstić information content (AvgIpc) is 2.11. The zero-order chi connectivity index (χ0) is 10.7. The van der Waals surface area contributed by atoms with Crippen LogP contribution in [0.15, 0.2) is 18.2 Å². The fourth-order valence-corrected chi connectivity index (χ4v) is 1.54. The van der Waals surface area contributed by atoms with Crippen molar-refractivity contribution < 1.29 is 4.79 Å². The molecule has 0 bridgehead atoms. The van der Waals surface area contributed by atoms with Crippen LogP contribution in [0, 0.1) is 0 Å². The molecule has 0 amide bonds. The molecule has 0 aliphatic carbocycles. The molecule has 0 heterocycles. The average molecular weight is 344 g/mol. The summed E-state index contributed by atoms with van der Waals surface area (Å²) in [4.78, 5) is 10.9. The molecule has 0 radical (unpaired) electrons. The van der Waals surface area contributed by atoms with Crippen LogP contribution in [0.25, 0.3) is 0 Å². The molecule has 14 heavy (non-hydrogen) atoms. The summed E-state index contributed by atoms with van der Waals surface area (Å²) < 4.78 is -0.0614. The van der Waals surface area contributed by atoms with Crippen LogP contribution in [0.1, 0.15) is 5.56 Å². The molecule has 1 aromatic carbocycles. The van der Waals surface area contributed by atoms with E-state index in [0.29, 0.717) is 16.5 Å². The predicted octanol–water partition coefficient (Wildman–Crippen LogP) is 2.82. The third-order valence-electron chi connectivity index (χ3n) is 1.73. The number of hydrogen-bond acceptors (Lipinski definition) is 2. The number of halogens is 3. The lowest BCUT2D eigenvalue weighted by atomic mass is 10.1. The van der Waals surface area contributed by atoms with E-state index < -0.39 is 6.04 Å². The quantitative estimate of drug-likeness (QED) is 0.677. The second kappa shape index (κ2) is 5.30. The summed E-state index contributed by atoms with van der Waals surface area (Å²) in [6, 6.07) is 4.76. The smallest absolute Gasteiger partial charge is 0.209 e. The van der Waals surface area contributed by atoms with Gasteiger partial charge < -0.3 is 5.73 Å². The highest BCUT2D eigenvalue weighted by atomic mass is 127. The van der Waals surface area contributed by atoms with Gasteiger partial charge in [0.05, 0.1) is 16.1 Å². The van der Waals surface area contributed by atoms with E-state index in [1.165, 1.54) is 0 Å². The number of hydrogen-bond donors (Lipinski definition) is 1. The van der Waals surface area contributed by atoms with Gasteiger partial charge in [-0.3, -0.25) is 4.79 Å². The maximum atomic E-state index is 10.9. The van der Waals surface area contributed by atoms with Crippen LogP contribution in [0.3, 0.4) is 0 Å². The van der Waals surface area contributed by atoms with Gasteiger partial charge in [-0.15, -0.1) is 0 Å². The number of carbonyl (C=O) groups excluding carboxylic acids is 1. The fraction of sp³-hybridized carbons (Fsp3) is 0.222. The molecular weight excluding hydrogens is 336 g/mol. The molecular formula is C9H8Cl2INO. The minimum Gasteiger partial charge on any atom is -0.321 e. The van der Waals surface area contributed by atoms with Crippen LogP contribution in [-0.4, -0.2) is 9.83 Å². The van der Waals surface area contributed by atoms with Crippen LogP contribution < -0.4 is 5.73 Å². The zero-order valence-electron chi connectivity index (χ0n) is 7.14. The van der Waals surface area contributed by atoms with Crippen molar-refractivity contribution >= 4 is 49.6 Å². The topological polar surface area (TPSA) is 43.1 Å². The van der Waals surface area contributed by atoms with E-state index in [2.05, 4.69) is 0 Å². The van der Waals surface area contributed by atoms with Gasteiger partial charge in [0, 0.05) is 22.6 Å².